The minimum absolute atomic E-state index is 0.629. The van der Waals surface area contributed by atoms with Gasteiger partial charge in [-0.3, -0.25) is 0 Å². The second kappa shape index (κ2) is 12.4. The van der Waals surface area contributed by atoms with E-state index in [1.807, 2.05) is 66.7 Å². The second-order valence-corrected chi connectivity index (χ2v) is 12.9. The Bertz CT molecular complexity index is 2530. The zero-order valence-corrected chi connectivity index (χ0v) is 27.2. The number of benzene rings is 7. The van der Waals surface area contributed by atoms with Crippen LogP contribution in [0.15, 0.2) is 170 Å². The van der Waals surface area contributed by atoms with E-state index in [0.29, 0.717) is 17.5 Å². The highest BCUT2D eigenvalue weighted by atomic mass is 32.1. The Morgan fingerprint density at radius 2 is 0.878 bits per heavy atom. The van der Waals surface area contributed by atoms with Gasteiger partial charge in [0.2, 0.25) is 0 Å². The molecule has 9 rings (SSSR count). The summed E-state index contributed by atoms with van der Waals surface area (Å²) >= 11 is 1.72. The van der Waals surface area contributed by atoms with Crippen LogP contribution in [0.2, 0.25) is 0 Å². The predicted molar refractivity (Wildman–Crippen MR) is 203 cm³/mol. The highest BCUT2D eigenvalue weighted by Crippen LogP contribution is 2.43. The fourth-order valence-corrected chi connectivity index (χ4v) is 7.45. The van der Waals surface area contributed by atoms with E-state index >= 15 is 0 Å². The Morgan fingerprint density at radius 1 is 0.347 bits per heavy atom. The van der Waals surface area contributed by atoms with Crippen LogP contribution in [0.4, 0.5) is 0 Å². The largest absolute Gasteiger partial charge is 0.235 e. The van der Waals surface area contributed by atoms with E-state index in [0.717, 1.165) is 59.7 Å². The SMILES string of the molecule is c1ccc(-c2nc(-c3ccccc3)nc(-c3ccccc3-c3cc(-c4cccc5ccccc45)c4nc(-c5ccccc5)sc4c3)n2)cc1. The Balaban J connectivity index is 1.29. The molecule has 0 bridgehead atoms. The van der Waals surface area contributed by atoms with Crippen LogP contribution in [0.3, 0.4) is 0 Å². The first-order chi connectivity index (χ1) is 24.3. The minimum Gasteiger partial charge on any atom is -0.235 e. The van der Waals surface area contributed by atoms with Gasteiger partial charge in [-0.1, -0.05) is 158 Å². The van der Waals surface area contributed by atoms with E-state index in [4.69, 9.17) is 19.9 Å². The molecule has 7 aromatic carbocycles. The number of hydrogen-bond donors (Lipinski definition) is 0. The second-order valence-electron chi connectivity index (χ2n) is 11.9. The van der Waals surface area contributed by atoms with Gasteiger partial charge in [0.25, 0.3) is 0 Å². The quantitative estimate of drug-likeness (QED) is 0.181. The molecule has 0 fully saturated rings. The molecule has 0 spiro atoms. The van der Waals surface area contributed by atoms with Gasteiger partial charge >= 0.3 is 0 Å². The molecule has 0 aliphatic carbocycles. The maximum absolute atomic E-state index is 5.26. The lowest BCUT2D eigenvalue weighted by molar-refractivity contribution is 1.07. The molecular formula is C44H28N4S. The van der Waals surface area contributed by atoms with Gasteiger partial charge < -0.3 is 0 Å². The number of rotatable bonds is 6. The van der Waals surface area contributed by atoms with Crippen molar-refractivity contribution in [1.29, 1.82) is 0 Å². The van der Waals surface area contributed by atoms with Gasteiger partial charge in [0.1, 0.15) is 5.01 Å². The molecule has 0 saturated heterocycles. The van der Waals surface area contributed by atoms with E-state index in [1.165, 1.54) is 10.8 Å². The van der Waals surface area contributed by atoms with Crippen molar-refractivity contribution in [3.05, 3.63) is 170 Å². The van der Waals surface area contributed by atoms with Crippen molar-refractivity contribution >= 4 is 32.3 Å². The van der Waals surface area contributed by atoms with Crippen molar-refractivity contribution in [3.63, 3.8) is 0 Å². The molecule has 0 N–H and O–H groups in total. The van der Waals surface area contributed by atoms with Crippen LogP contribution >= 0.6 is 11.3 Å². The molecule has 0 amide bonds. The molecule has 0 aliphatic heterocycles. The third kappa shape index (κ3) is 5.46. The van der Waals surface area contributed by atoms with Crippen molar-refractivity contribution in [2.45, 2.75) is 0 Å². The van der Waals surface area contributed by atoms with E-state index in [-0.39, 0.29) is 0 Å². The maximum Gasteiger partial charge on any atom is 0.164 e. The van der Waals surface area contributed by atoms with Gasteiger partial charge in [-0.25, -0.2) is 19.9 Å². The molecule has 49 heavy (non-hydrogen) atoms. The first kappa shape index (κ1) is 28.9. The Morgan fingerprint density at radius 3 is 1.57 bits per heavy atom. The summed E-state index contributed by atoms with van der Waals surface area (Å²) in [5.74, 6) is 1.91. The van der Waals surface area contributed by atoms with Gasteiger partial charge in [0.05, 0.1) is 10.2 Å². The average molecular weight is 645 g/mol. The molecule has 4 nitrogen and oxygen atoms in total. The lowest BCUT2D eigenvalue weighted by Gasteiger charge is -2.14. The Hall–Kier alpha value is -6.30. The molecule has 2 aromatic heterocycles. The van der Waals surface area contributed by atoms with Gasteiger partial charge in [0, 0.05) is 27.8 Å². The van der Waals surface area contributed by atoms with Crippen molar-refractivity contribution in [1.82, 2.24) is 19.9 Å². The van der Waals surface area contributed by atoms with Gasteiger partial charge in [-0.05, 0) is 39.6 Å². The van der Waals surface area contributed by atoms with E-state index in [9.17, 15) is 0 Å². The molecular weight excluding hydrogens is 617 g/mol. The molecule has 0 unspecified atom stereocenters. The fourth-order valence-electron chi connectivity index (χ4n) is 6.41. The van der Waals surface area contributed by atoms with Crippen LogP contribution in [-0.2, 0) is 0 Å². The summed E-state index contributed by atoms with van der Waals surface area (Å²) in [6.07, 6.45) is 0. The molecule has 5 heteroatoms. The molecule has 9 aromatic rings. The molecule has 230 valence electrons. The lowest BCUT2D eigenvalue weighted by Crippen LogP contribution is -2.01. The third-order valence-corrected chi connectivity index (χ3v) is 9.83. The van der Waals surface area contributed by atoms with Crippen LogP contribution in [0.25, 0.3) is 88.0 Å². The van der Waals surface area contributed by atoms with Crippen LogP contribution in [0.1, 0.15) is 0 Å². The first-order valence-corrected chi connectivity index (χ1v) is 17.0. The van der Waals surface area contributed by atoms with Gasteiger partial charge in [-0.15, -0.1) is 11.3 Å². The number of fused-ring (bicyclic) bond motifs is 2. The summed E-state index contributed by atoms with van der Waals surface area (Å²) in [4.78, 5) is 20.3. The summed E-state index contributed by atoms with van der Waals surface area (Å²) in [5, 5.41) is 3.40. The molecule has 0 radical (unpaired) electrons. The fraction of sp³-hybridized carbons (Fsp3) is 0. The summed E-state index contributed by atoms with van der Waals surface area (Å²) in [5.41, 5.74) is 9.32. The topological polar surface area (TPSA) is 51.6 Å². The highest BCUT2D eigenvalue weighted by molar-refractivity contribution is 7.21. The highest BCUT2D eigenvalue weighted by Gasteiger charge is 2.19. The van der Waals surface area contributed by atoms with Crippen molar-refractivity contribution < 1.29 is 0 Å². The lowest BCUT2D eigenvalue weighted by atomic mass is 9.92. The number of hydrogen-bond acceptors (Lipinski definition) is 5. The van der Waals surface area contributed by atoms with Gasteiger partial charge in [0.15, 0.2) is 17.5 Å². The number of thiazole rings is 1. The zero-order valence-electron chi connectivity index (χ0n) is 26.4. The maximum atomic E-state index is 5.26. The van der Waals surface area contributed by atoms with Crippen LogP contribution < -0.4 is 0 Å². The summed E-state index contributed by atoms with van der Waals surface area (Å²) in [6.45, 7) is 0. The van der Waals surface area contributed by atoms with Crippen LogP contribution in [-0.4, -0.2) is 19.9 Å². The molecule has 0 atom stereocenters. The van der Waals surface area contributed by atoms with Crippen molar-refractivity contribution in [3.8, 4) is 67.0 Å². The summed E-state index contributed by atoms with van der Waals surface area (Å²) in [7, 11) is 0. The van der Waals surface area contributed by atoms with Gasteiger partial charge in [-0.2, -0.15) is 0 Å². The van der Waals surface area contributed by atoms with E-state index in [1.54, 1.807) is 11.3 Å². The molecule has 0 saturated carbocycles. The van der Waals surface area contributed by atoms with Crippen LogP contribution in [0, 0.1) is 0 Å². The zero-order chi connectivity index (χ0) is 32.6. The smallest absolute Gasteiger partial charge is 0.164 e. The normalized spacial score (nSPS) is 11.3. The molecule has 0 aliphatic rings. The predicted octanol–water partition coefficient (Wildman–Crippen LogP) is 11.6. The van der Waals surface area contributed by atoms with E-state index in [2.05, 4.69) is 103 Å². The number of aromatic nitrogens is 4. The van der Waals surface area contributed by atoms with Crippen molar-refractivity contribution in [2.75, 3.05) is 0 Å². The van der Waals surface area contributed by atoms with E-state index < -0.39 is 0 Å². The van der Waals surface area contributed by atoms with Crippen molar-refractivity contribution in [2.24, 2.45) is 0 Å². The monoisotopic (exact) mass is 644 g/mol. The third-order valence-electron chi connectivity index (χ3n) is 8.77. The molecule has 2 heterocycles. The first-order valence-electron chi connectivity index (χ1n) is 16.2. The standard InChI is InChI=1S/C44H28N4S/c1-4-16-30(17-5-1)41-46-42(31-18-6-2-7-19-31)48-43(47-41)37-25-13-12-24-35(37)33-27-38(36-26-14-22-29-15-10-11-23-34(29)36)40-39(28-33)49-44(45-40)32-20-8-3-9-21-32/h1-28H. The van der Waals surface area contributed by atoms with Crippen LogP contribution in [0.5, 0.6) is 0 Å². The Kier molecular flexibility index (Phi) is 7.30. The Labute approximate surface area is 288 Å². The number of nitrogens with zero attached hydrogens (tertiary/aromatic N) is 4. The minimum atomic E-state index is 0.629. The average Bonchev–Trinajstić information content (AvgIpc) is 3.63. The summed E-state index contributed by atoms with van der Waals surface area (Å²) in [6, 6.07) is 58.7. The summed E-state index contributed by atoms with van der Waals surface area (Å²) < 4.78 is 1.12.